The monoisotopic (exact) mass is 800 g/mol. The van der Waals surface area contributed by atoms with E-state index in [4.69, 9.17) is 18.6 Å². The molecular weight excluding hydrogens is 727 g/mol. The summed E-state index contributed by atoms with van der Waals surface area (Å²) in [7, 11) is -2.14. The second kappa shape index (κ2) is 15.0. The van der Waals surface area contributed by atoms with Crippen LogP contribution in [-0.4, -0.2) is 74.3 Å². The Balaban J connectivity index is 1.47. The molecule has 0 aliphatic heterocycles. The molecule has 2 N–H and O–H groups in total. The molecular formula is C45H73NO9Si. The second-order valence-electron chi connectivity index (χ2n) is 21.5. The molecule has 5 rings (SSSR count). The Morgan fingerprint density at radius 2 is 1.66 bits per heavy atom. The fourth-order valence-electron chi connectivity index (χ4n) is 12.1. The van der Waals surface area contributed by atoms with Crippen LogP contribution >= 0.6 is 0 Å². The highest BCUT2D eigenvalue weighted by molar-refractivity contribution is 6.74. The number of hydrogen-bond donors (Lipinski definition) is 2. The first-order chi connectivity index (χ1) is 25.6. The number of Topliss-reactive ketones (excluding diaryl/α,β-unsaturated/α-hetero) is 1. The molecule has 11 heteroatoms. The molecule has 1 amide bonds. The molecule has 0 aromatic rings. The van der Waals surface area contributed by atoms with Gasteiger partial charge in [0.1, 0.15) is 18.2 Å². The van der Waals surface area contributed by atoms with Gasteiger partial charge in [0, 0.05) is 31.3 Å². The first-order valence-electron chi connectivity index (χ1n) is 21.2. The van der Waals surface area contributed by atoms with E-state index >= 15 is 0 Å². The molecule has 4 saturated carbocycles. The van der Waals surface area contributed by atoms with Crippen LogP contribution in [0.2, 0.25) is 18.1 Å². The number of fused-ring (bicyclic) bond motifs is 2. The number of ether oxygens (including phenoxy) is 3. The lowest BCUT2D eigenvalue weighted by molar-refractivity contribution is -0.167. The smallest absolute Gasteiger partial charge is 0.408 e. The minimum Gasteiger partial charge on any atom is -0.462 e. The first-order valence-corrected chi connectivity index (χ1v) is 24.1. The molecule has 10 nitrogen and oxygen atoms in total. The molecule has 0 aromatic carbocycles. The number of aliphatic hydroxyl groups excluding tert-OH is 1. The number of aliphatic hydroxyl groups is 1. The maximum absolute atomic E-state index is 14.8. The predicted molar refractivity (Wildman–Crippen MR) is 219 cm³/mol. The summed E-state index contributed by atoms with van der Waals surface area (Å²) in [4.78, 5) is 53.7. The zero-order chi connectivity index (χ0) is 42.2. The maximum Gasteiger partial charge on any atom is 0.408 e. The van der Waals surface area contributed by atoms with Crippen molar-refractivity contribution in [2.75, 3.05) is 13.2 Å². The number of ketones is 1. The Hall–Kier alpha value is -2.50. The van der Waals surface area contributed by atoms with Crippen molar-refractivity contribution >= 4 is 32.1 Å². The summed E-state index contributed by atoms with van der Waals surface area (Å²) in [5.41, 5.74) is -0.845. The number of nitrogens with one attached hydrogen (secondary N) is 1. The van der Waals surface area contributed by atoms with Crippen molar-refractivity contribution < 1.29 is 42.9 Å². The molecule has 0 unspecified atom stereocenters. The molecule has 0 aromatic heterocycles. The predicted octanol–water partition coefficient (Wildman–Crippen LogP) is 8.57. The van der Waals surface area contributed by atoms with Gasteiger partial charge in [-0.25, -0.2) is 4.79 Å². The van der Waals surface area contributed by atoms with Crippen molar-refractivity contribution in [3.8, 4) is 0 Å². The van der Waals surface area contributed by atoms with E-state index in [0.29, 0.717) is 30.4 Å². The fraction of sp³-hybridized carbons (Fsp3) is 0.822. The van der Waals surface area contributed by atoms with Gasteiger partial charge in [-0.15, -0.1) is 0 Å². The van der Waals surface area contributed by atoms with E-state index in [1.54, 1.807) is 20.8 Å². The van der Waals surface area contributed by atoms with Crippen molar-refractivity contribution in [3.05, 3.63) is 24.3 Å². The Labute approximate surface area is 337 Å². The number of amides is 1. The number of carbonyl (C=O) groups is 4. The SMILES string of the molecule is C=C(C(=O)[C@H](OC(=O)CNC(=O)OC(C)(C)C)[C@@H](C)[C@H]1[C@@H](OC(C)=O)C[C@@]2(C)[C@@H]3CC[C@H]4[C@H](C)[C@@H](O)C=C[C@@]45C[C@@]35CC[C@]12C)[C@@H](C)CO[Si](C)(C)C(C)(C)C. The van der Waals surface area contributed by atoms with Crippen LogP contribution in [0.3, 0.4) is 0 Å². The standard InChI is InChI=1S/C45H73NO9Si/c1-26(24-52-56(14,15)41(9,10)11)27(2)37(50)38(54-35(49)23-46-39(51)55-40(6,7)8)29(4)36-33(53-30(5)47)22-43(13)34-17-16-31-28(3)32(48)18-19-44(31)25-45(34,44)21-20-42(36,43)12/h18-19,26,28-29,31-34,36,38,48H,2,16-17,20-25H2,1,3-15H3,(H,46,51)/t26-,28-,29-,31-,32-,33-,34-,36-,38+,42+,43-,44+,45-/m0/s1. The van der Waals surface area contributed by atoms with Crippen LogP contribution < -0.4 is 5.32 Å². The highest BCUT2D eigenvalue weighted by atomic mass is 28.4. The normalized spacial score (nSPS) is 37.7. The molecule has 5 aliphatic carbocycles. The van der Waals surface area contributed by atoms with E-state index in [0.717, 1.165) is 32.1 Å². The van der Waals surface area contributed by atoms with E-state index in [2.05, 4.69) is 72.6 Å². The summed E-state index contributed by atoms with van der Waals surface area (Å²) in [6.07, 6.45) is 7.19. The van der Waals surface area contributed by atoms with E-state index in [-0.39, 0.29) is 56.2 Å². The van der Waals surface area contributed by atoms with Gasteiger partial charge in [0.2, 0.25) is 0 Å². The van der Waals surface area contributed by atoms with Crippen LogP contribution in [0, 0.1) is 57.2 Å². The average Bonchev–Trinajstić information content (AvgIpc) is 3.68. The highest BCUT2D eigenvalue weighted by Crippen LogP contribution is 2.87. The Morgan fingerprint density at radius 3 is 2.25 bits per heavy atom. The third-order valence-corrected chi connectivity index (χ3v) is 20.8. The maximum atomic E-state index is 14.8. The minimum atomic E-state index is -2.14. The van der Waals surface area contributed by atoms with Gasteiger partial charge in [0.15, 0.2) is 20.2 Å². The van der Waals surface area contributed by atoms with E-state index in [9.17, 15) is 24.3 Å². The van der Waals surface area contributed by atoms with Crippen LogP contribution in [0.1, 0.15) is 122 Å². The van der Waals surface area contributed by atoms with Gasteiger partial charge in [-0.05, 0) is 122 Å². The summed E-state index contributed by atoms with van der Waals surface area (Å²) < 4.78 is 24.2. The summed E-state index contributed by atoms with van der Waals surface area (Å²) in [5, 5.41) is 13.3. The van der Waals surface area contributed by atoms with Gasteiger partial charge in [0.25, 0.3) is 0 Å². The van der Waals surface area contributed by atoms with E-state index in [1.165, 1.54) is 6.92 Å². The zero-order valence-corrected chi connectivity index (χ0v) is 37.9. The quantitative estimate of drug-likeness (QED) is 0.0654. The highest BCUT2D eigenvalue weighted by Gasteiger charge is 2.81. The number of alkyl carbamates (subject to hydrolysis) is 1. The number of rotatable bonds is 12. The molecule has 5 aliphatic rings. The molecule has 316 valence electrons. The minimum absolute atomic E-state index is 0.0211. The Morgan fingerprint density at radius 1 is 1.02 bits per heavy atom. The van der Waals surface area contributed by atoms with Crippen molar-refractivity contribution in [2.45, 2.75) is 164 Å². The van der Waals surface area contributed by atoms with Crippen molar-refractivity contribution in [2.24, 2.45) is 57.2 Å². The van der Waals surface area contributed by atoms with Gasteiger partial charge in [-0.3, -0.25) is 14.4 Å². The molecule has 4 fully saturated rings. The number of hydrogen-bond acceptors (Lipinski definition) is 9. The molecule has 13 atom stereocenters. The number of carbonyl (C=O) groups excluding carboxylic acids is 4. The topological polar surface area (TPSA) is 137 Å². The second-order valence-corrected chi connectivity index (χ2v) is 26.3. The number of esters is 2. The van der Waals surface area contributed by atoms with E-state index < -0.39 is 56.8 Å². The van der Waals surface area contributed by atoms with E-state index in [1.807, 2.05) is 19.9 Å². The van der Waals surface area contributed by atoms with Crippen molar-refractivity contribution in [3.63, 3.8) is 0 Å². The van der Waals surface area contributed by atoms with Gasteiger partial charge in [-0.2, -0.15) is 0 Å². The van der Waals surface area contributed by atoms with Crippen molar-refractivity contribution in [1.82, 2.24) is 5.32 Å². The number of allylic oxidation sites excluding steroid dienone is 1. The molecule has 0 saturated heterocycles. The van der Waals surface area contributed by atoms with Crippen LogP contribution in [0.5, 0.6) is 0 Å². The van der Waals surface area contributed by atoms with Crippen molar-refractivity contribution in [1.29, 1.82) is 0 Å². The largest absolute Gasteiger partial charge is 0.462 e. The summed E-state index contributed by atoms with van der Waals surface area (Å²) in [6, 6.07) is 0. The lowest BCUT2D eigenvalue weighted by atomic mass is 9.43. The lowest BCUT2D eigenvalue weighted by Crippen LogP contribution is -2.56. The van der Waals surface area contributed by atoms with Crippen LogP contribution in [0.25, 0.3) is 0 Å². The van der Waals surface area contributed by atoms with Gasteiger partial charge in [-0.1, -0.05) is 74.1 Å². The van der Waals surface area contributed by atoms with Gasteiger partial charge in [0.05, 0.1) is 6.10 Å². The van der Waals surface area contributed by atoms with Crippen LogP contribution in [0.15, 0.2) is 24.3 Å². The van der Waals surface area contributed by atoms with Gasteiger partial charge < -0.3 is 29.1 Å². The third-order valence-electron chi connectivity index (χ3n) is 16.3. The first kappa shape index (κ1) is 44.6. The van der Waals surface area contributed by atoms with Crippen LogP contribution in [0.4, 0.5) is 4.79 Å². The fourth-order valence-corrected chi connectivity index (χ4v) is 13.2. The molecule has 0 radical (unpaired) electrons. The summed E-state index contributed by atoms with van der Waals surface area (Å²) >= 11 is 0. The van der Waals surface area contributed by atoms with Gasteiger partial charge >= 0.3 is 18.0 Å². The third kappa shape index (κ3) is 7.59. The zero-order valence-electron chi connectivity index (χ0n) is 36.9. The Bertz CT molecular complexity index is 1610. The Kier molecular flexibility index (Phi) is 11.9. The molecule has 0 bridgehead atoms. The molecule has 0 heterocycles. The molecule has 56 heavy (non-hydrogen) atoms. The summed E-state index contributed by atoms with van der Waals surface area (Å²) in [6.45, 7) is 32.3. The average molecular weight is 800 g/mol. The van der Waals surface area contributed by atoms with Crippen LogP contribution in [-0.2, 0) is 33.0 Å². The lowest BCUT2D eigenvalue weighted by Gasteiger charge is -2.61. The molecule has 2 spiro atoms. The summed E-state index contributed by atoms with van der Waals surface area (Å²) in [5.74, 6) is -1.73.